The van der Waals surface area contributed by atoms with Gasteiger partial charge in [-0.25, -0.2) is 17.5 Å². The lowest BCUT2D eigenvalue weighted by Gasteiger charge is -2.11. The molecule has 0 saturated carbocycles. The zero-order valence-electron chi connectivity index (χ0n) is 10.4. The highest BCUT2D eigenvalue weighted by Crippen LogP contribution is 2.29. The molecule has 1 aromatic rings. The summed E-state index contributed by atoms with van der Waals surface area (Å²) in [5.41, 5.74) is 0.696. The minimum atomic E-state index is -4.46. The third-order valence-electron chi connectivity index (χ3n) is 2.25. The van der Waals surface area contributed by atoms with Gasteiger partial charge in [-0.15, -0.1) is 0 Å². The summed E-state index contributed by atoms with van der Waals surface area (Å²) in [6.45, 7) is -0.769. The van der Waals surface area contributed by atoms with Crippen LogP contribution in [0, 0.1) is 5.82 Å². The van der Waals surface area contributed by atoms with Crippen molar-refractivity contribution < 1.29 is 26.0 Å². The van der Waals surface area contributed by atoms with Gasteiger partial charge in [-0.1, -0.05) is 11.6 Å². The Labute approximate surface area is 128 Å². The molecule has 120 valence electrons. The molecule has 11 heteroatoms. The van der Waals surface area contributed by atoms with Crippen molar-refractivity contribution in [2.75, 3.05) is 12.3 Å². The molecule has 0 fully saturated rings. The van der Waals surface area contributed by atoms with E-state index in [0.29, 0.717) is 0 Å². The smallest absolute Gasteiger partial charge is 0.326 e. The summed E-state index contributed by atoms with van der Waals surface area (Å²) in [4.78, 5) is -0.743. The van der Waals surface area contributed by atoms with E-state index in [-0.39, 0.29) is 28.9 Å². The fourth-order valence-electron chi connectivity index (χ4n) is 1.38. The normalized spacial score (nSPS) is 12.7. The second kappa shape index (κ2) is 7.14. The Morgan fingerprint density at radius 1 is 1.33 bits per heavy atom. The van der Waals surface area contributed by atoms with Crippen LogP contribution in [0.25, 0.3) is 0 Å². The highest BCUT2D eigenvalue weighted by Gasteiger charge is 2.28. The first-order valence-electron chi connectivity index (χ1n) is 5.45. The lowest BCUT2D eigenvalue weighted by atomic mass is 10.2. The van der Waals surface area contributed by atoms with Gasteiger partial charge >= 0.3 is 5.51 Å². The molecule has 3 N–H and O–H groups in total. The van der Waals surface area contributed by atoms with Crippen molar-refractivity contribution in [1.82, 2.24) is 4.72 Å². The van der Waals surface area contributed by atoms with Crippen molar-refractivity contribution in [3.05, 3.63) is 28.5 Å². The van der Waals surface area contributed by atoms with Gasteiger partial charge in [0.05, 0.1) is 0 Å². The summed E-state index contributed by atoms with van der Waals surface area (Å²) in [5.74, 6) is -1.60. The lowest BCUT2D eigenvalue weighted by Crippen LogP contribution is -2.28. The van der Waals surface area contributed by atoms with Crippen LogP contribution in [0.3, 0.4) is 0 Å². The van der Waals surface area contributed by atoms with Crippen LogP contribution in [0.2, 0.25) is 5.02 Å². The maximum absolute atomic E-state index is 13.9. The Hall–Kier alpha value is -0.550. The fraction of sp³-hybridized carbons (Fsp3) is 0.400. The molecule has 0 saturated heterocycles. The van der Waals surface area contributed by atoms with Gasteiger partial charge in [0.2, 0.25) is 10.0 Å². The van der Waals surface area contributed by atoms with Crippen LogP contribution < -0.4 is 10.5 Å². The number of nitrogens with two attached hydrogens (primary N) is 1. The summed E-state index contributed by atoms with van der Waals surface area (Å²) in [6.07, 6.45) is 0. The van der Waals surface area contributed by atoms with Crippen LogP contribution in [0.1, 0.15) is 5.56 Å². The maximum atomic E-state index is 13.9. The van der Waals surface area contributed by atoms with Crippen molar-refractivity contribution in [2.45, 2.75) is 16.9 Å². The molecule has 0 heterocycles. The first-order valence-corrected chi connectivity index (χ1v) is 8.30. The summed E-state index contributed by atoms with van der Waals surface area (Å²) in [5, 5.41) is -0.0399. The number of hydrogen-bond acceptors (Lipinski definition) is 4. The van der Waals surface area contributed by atoms with Gasteiger partial charge in [0.1, 0.15) is 10.7 Å². The van der Waals surface area contributed by atoms with Crippen LogP contribution in [-0.4, -0.2) is 26.2 Å². The fourth-order valence-corrected chi connectivity index (χ4v) is 3.43. The Morgan fingerprint density at radius 3 is 2.48 bits per heavy atom. The predicted octanol–water partition coefficient (Wildman–Crippen LogP) is 2.47. The monoisotopic (exact) mass is 366 g/mol. The number of benzene rings is 1. The summed E-state index contributed by atoms with van der Waals surface area (Å²) < 4.78 is 75.2. The van der Waals surface area contributed by atoms with Crippen LogP contribution in [-0.2, 0) is 16.6 Å². The molecule has 0 aliphatic carbocycles. The van der Waals surface area contributed by atoms with Gasteiger partial charge in [-0.2, -0.15) is 13.2 Å². The second-order valence-electron chi connectivity index (χ2n) is 3.77. The molecule has 0 bridgehead atoms. The van der Waals surface area contributed by atoms with Gasteiger partial charge < -0.3 is 5.73 Å². The Balaban J connectivity index is 2.86. The van der Waals surface area contributed by atoms with Gasteiger partial charge in [0.25, 0.3) is 0 Å². The van der Waals surface area contributed by atoms with E-state index in [2.05, 4.69) is 0 Å². The van der Waals surface area contributed by atoms with E-state index in [1.165, 1.54) is 6.07 Å². The van der Waals surface area contributed by atoms with Crippen LogP contribution in [0.15, 0.2) is 17.0 Å². The minimum absolute atomic E-state index is 0.0399. The highest BCUT2D eigenvalue weighted by molar-refractivity contribution is 8.00. The van der Waals surface area contributed by atoms with E-state index in [9.17, 15) is 26.0 Å². The van der Waals surface area contributed by atoms with Gasteiger partial charge in [0.15, 0.2) is 0 Å². The van der Waals surface area contributed by atoms with E-state index < -0.39 is 38.5 Å². The van der Waals surface area contributed by atoms with E-state index in [0.717, 1.165) is 6.07 Å². The molecule has 0 aromatic heterocycles. The first-order chi connectivity index (χ1) is 9.57. The van der Waals surface area contributed by atoms with Crippen molar-refractivity contribution in [3.8, 4) is 0 Å². The molecular formula is C10H11ClF4N2O2S2. The SMILES string of the molecule is NCc1cc(Cl)cc(S(=O)(=O)NCCSC(F)(F)F)c1F. The molecule has 0 radical (unpaired) electrons. The highest BCUT2D eigenvalue weighted by atomic mass is 35.5. The first kappa shape index (κ1) is 18.5. The average Bonchev–Trinajstić information content (AvgIpc) is 2.36. The summed E-state index contributed by atoms with van der Waals surface area (Å²) >= 11 is 5.28. The van der Waals surface area contributed by atoms with Crippen molar-refractivity contribution in [3.63, 3.8) is 0 Å². The Morgan fingerprint density at radius 2 is 1.95 bits per heavy atom. The second-order valence-corrected chi connectivity index (χ2v) is 7.10. The van der Waals surface area contributed by atoms with E-state index in [4.69, 9.17) is 17.3 Å². The molecular weight excluding hydrogens is 356 g/mol. The predicted molar refractivity (Wildman–Crippen MR) is 73.0 cm³/mol. The number of halogens is 5. The molecule has 0 aliphatic heterocycles. The van der Waals surface area contributed by atoms with Gasteiger partial charge in [0, 0.05) is 29.4 Å². The Bertz CT molecular complexity index is 608. The van der Waals surface area contributed by atoms with Crippen molar-refractivity contribution >= 4 is 33.4 Å². The molecule has 1 rings (SSSR count). The zero-order chi connectivity index (χ0) is 16.3. The van der Waals surface area contributed by atoms with E-state index >= 15 is 0 Å². The van der Waals surface area contributed by atoms with E-state index in [1.807, 2.05) is 4.72 Å². The van der Waals surface area contributed by atoms with Crippen LogP contribution in [0.4, 0.5) is 17.6 Å². The number of nitrogens with one attached hydrogen (secondary N) is 1. The molecule has 1 aromatic carbocycles. The van der Waals surface area contributed by atoms with Crippen LogP contribution in [0.5, 0.6) is 0 Å². The van der Waals surface area contributed by atoms with E-state index in [1.54, 1.807) is 0 Å². The number of rotatable bonds is 6. The molecule has 0 aliphatic rings. The minimum Gasteiger partial charge on any atom is -0.326 e. The maximum Gasteiger partial charge on any atom is 0.441 e. The number of sulfonamides is 1. The summed E-state index contributed by atoms with van der Waals surface area (Å²) in [6, 6.07) is 2.05. The quantitative estimate of drug-likeness (QED) is 0.599. The standard InChI is InChI=1S/C10H11ClF4N2O2S2/c11-7-3-6(5-16)9(12)8(4-7)21(18,19)17-1-2-20-10(13,14)15/h3-4,17H,1-2,5,16H2. The number of alkyl halides is 3. The third kappa shape index (κ3) is 5.62. The largest absolute Gasteiger partial charge is 0.441 e. The van der Waals surface area contributed by atoms with Gasteiger partial charge in [-0.3, -0.25) is 0 Å². The molecule has 0 atom stereocenters. The Kier molecular flexibility index (Phi) is 6.29. The molecule has 21 heavy (non-hydrogen) atoms. The average molecular weight is 367 g/mol. The zero-order valence-corrected chi connectivity index (χ0v) is 12.8. The number of hydrogen-bond donors (Lipinski definition) is 2. The lowest BCUT2D eigenvalue weighted by molar-refractivity contribution is -0.0327. The van der Waals surface area contributed by atoms with Crippen molar-refractivity contribution in [1.29, 1.82) is 0 Å². The van der Waals surface area contributed by atoms with Crippen molar-refractivity contribution in [2.24, 2.45) is 5.73 Å². The van der Waals surface area contributed by atoms with Crippen LogP contribution >= 0.6 is 23.4 Å². The molecule has 0 spiro atoms. The topological polar surface area (TPSA) is 72.2 Å². The number of thioether (sulfide) groups is 1. The summed E-state index contributed by atoms with van der Waals surface area (Å²) in [7, 11) is -4.31. The molecule has 0 amide bonds. The van der Waals surface area contributed by atoms with Gasteiger partial charge in [-0.05, 0) is 23.9 Å². The molecule has 0 unspecified atom stereocenters. The molecule has 4 nitrogen and oxygen atoms in total. The third-order valence-corrected chi connectivity index (χ3v) is 4.66.